The average molecular weight is 246 g/mol. The number of methoxy groups -OCH3 is 1. The van der Waals surface area contributed by atoms with Gasteiger partial charge in [0.25, 0.3) is 0 Å². The molecule has 0 aliphatic rings. The van der Waals surface area contributed by atoms with Gasteiger partial charge in [-0.1, -0.05) is 24.3 Å². The summed E-state index contributed by atoms with van der Waals surface area (Å²) in [5.41, 5.74) is 5.86. The monoisotopic (exact) mass is 246 g/mol. The third-order valence-electron chi connectivity index (χ3n) is 2.76. The number of anilines is 1. The molecule has 1 atom stereocenters. The standard InChI is InChI=1S/C13H18N4O/c1-18-9-11(14)6-7-15-13-12-5-3-2-4-10(12)8-16-17-13/h2-5,8,11H,6-7,9,14H2,1H3,(H,15,17). The van der Waals surface area contributed by atoms with Crippen LogP contribution in [0.25, 0.3) is 10.8 Å². The van der Waals surface area contributed by atoms with Gasteiger partial charge < -0.3 is 15.8 Å². The molecule has 96 valence electrons. The molecule has 1 aromatic heterocycles. The summed E-state index contributed by atoms with van der Waals surface area (Å²) >= 11 is 0. The van der Waals surface area contributed by atoms with E-state index in [-0.39, 0.29) is 6.04 Å². The minimum Gasteiger partial charge on any atom is -0.383 e. The minimum atomic E-state index is 0.0467. The molecule has 3 N–H and O–H groups in total. The van der Waals surface area contributed by atoms with Crippen molar-refractivity contribution >= 4 is 16.6 Å². The smallest absolute Gasteiger partial charge is 0.156 e. The number of aromatic nitrogens is 2. The van der Waals surface area contributed by atoms with Crippen LogP contribution in [0.2, 0.25) is 0 Å². The Kier molecular flexibility index (Phi) is 4.44. The summed E-state index contributed by atoms with van der Waals surface area (Å²) in [5, 5.41) is 13.5. The molecule has 0 fully saturated rings. The van der Waals surface area contributed by atoms with Crippen LogP contribution in [0.4, 0.5) is 5.82 Å². The van der Waals surface area contributed by atoms with Crippen LogP contribution in [0.5, 0.6) is 0 Å². The van der Waals surface area contributed by atoms with Crippen molar-refractivity contribution in [3.63, 3.8) is 0 Å². The number of ether oxygens (including phenoxy) is 1. The normalized spacial score (nSPS) is 12.6. The minimum absolute atomic E-state index is 0.0467. The zero-order valence-electron chi connectivity index (χ0n) is 10.5. The molecule has 0 aliphatic heterocycles. The fourth-order valence-electron chi connectivity index (χ4n) is 1.83. The Hall–Kier alpha value is -1.72. The number of benzene rings is 1. The van der Waals surface area contributed by atoms with Gasteiger partial charge in [0.1, 0.15) is 0 Å². The molecule has 1 unspecified atom stereocenters. The molecule has 5 nitrogen and oxygen atoms in total. The van der Waals surface area contributed by atoms with E-state index in [9.17, 15) is 0 Å². The molecular formula is C13H18N4O. The molecule has 2 aromatic rings. The van der Waals surface area contributed by atoms with Gasteiger partial charge in [-0.15, -0.1) is 5.10 Å². The van der Waals surface area contributed by atoms with E-state index in [1.54, 1.807) is 13.3 Å². The summed E-state index contributed by atoms with van der Waals surface area (Å²) in [6.45, 7) is 1.33. The van der Waals surface area contributed by atoms with Crippen LogP contribution >= 0.6 is 0 Å². The zero-order valence-corrected chi connectivity index (χ0v) is 10.5. The molecule has 1 heterocycles. The maximum atomic E-state index is 5.86. The Balaban J connectivity index is 1.99. The summed E-state index contributed by atoms with van der Waals surface area (Å²) in [4.78, 5) is 0. The zero-order chi connectivity index (χ0) is 12.8. The van der Waals surface area contributed by atoms with E-state index >= 15 is 0 Å². The van der Waals surface area contributed by atoms with Crippen molar-refractivity contribution in [3.05, 3.63) is 30.5 Å². The van der Waals surface area contributed by atoms with Crippen LogP contribution in [-0.2, 0) is 4.74 Å². The average Bonchev–Trinajstić information content (AvgIpc) is 2.39. The van der Waals surface area contributed by atoms with Gasteiger partial charge in [-0.25, -0.2) is 0 Å². The van der Waals surface area contributed by atoms with E-state index in [0.29, 0.717) is 6.61 Å². The van der Waals surface area contributed by atoms with Crippen molar-refractivity contribution in [1.82, 2.24) is 10.2 Å². The predicted octanol–water partition coefficient (Wildman–Crippen LogP) is 1.41. The van der Waals surface area contributed by atoms with Crippen molar-refractivity contribution in [3.8, 4) is 0 Å². The largest absolute Gasteiger partial charge is 0.383 e. The molecule has 0 saturated carbocycles. The summed E-state index contributed by atoms with van der Waals surface area (Å²) in [5.74, 6) is 0.803. The van der Waals surface area contributed by atoms with Gasteiger partial charge in [0.2, 0.25) is 0 Å². The SMILES string of the molecule is COCC(N)CCNc1nncc2ccccc12. The van der Waals surface area contributed by atoms with Crippen LogP contribution in [0.15, 0.2) is 30.5 Å². The van der Waals surface area contributed by atoms with Crippen LogP contribution < -0.4 is 11.1 Å². The van der Waals surface area contributed by atoms with Gasteiger partial charge in [-0.3, -0.25) is 0 Å². The lowest BCUT2D eigenvalue weighted by molar-refractivity contribution is 0.178. The summed E-state index contributed by atoms with van der Waals surface area (Å²) in [6.07, 6.45) is 2.59. The second-order valence-electron chi connectivity index (χ2n) is 4.21. The number of hydrogen-bond acceptors (Lipinski definition) is 5. The number of rotatable bonds is 6. The lowest BCUT2D eigenvalue weighted by Crippen LogP contribution is -2.28. The fourth-order valence-corrected chi connectivity index (χ4v) is 1.83. The lowest BCUT2D eigenvalue weighted by Gasteiger charge is -2.12. The first-order chi connectivity index (χ1) is 8.81. The quantitative estimate of drug-likeness (QED) is 0.806. The van der Waals surface area contributed by atoms with Crippen LogP contribution in [-0.4, -0.2) is 36.5 Å². The van der Waals surface area contributed by atoms with Crippen LogP contribution in [0, 0.1) is 0 Å². The van der Waals surface area contributed by atoms with Gasteiger partial charge in [-0.05, 0) is 6.42 Å². The first-order valence-corrected chi connectivity index (χ1v) is 6.00. The Labute approximate surface area is 106 Å². The van der Waals surface area contributed by atoms with Crippen molar-refractivity contribution in [2.75, 3.05) is 25.6 Å². The van der Waals surface area contributed by atoms with Gasteiger partial charge in [0.15, 0.2) is 5.82 Å². The van der Waals surface area contributed by atoms with Gasteiger partial charge in [0.05, 0.1) is 12.8 Å². The van der Waals surface area contributed by atoms with E-state index in [2.05, 4.69) is 15.5 Å². The molecule has 5 heteroatoms. The van der Waals surface area contributed by atoms with E-state index in [0.717, 1.165) is 29.6 Å². The summed E-state index contributed by atoms with van der Waals surface area (Å²) in [6, 6.07) is 8.08. The number of hydrogen-bond donors (Lipinski definition) is 2. The van der Waals surface area contributed by atoms with E-state index in [1.807, 2.05) is 24.3 Å². The number of nitrogens with two attached hydrogens (primary N) is 1. The highest BCUT2D eigenvalue weighted by atomic mass is 16.5. The first kappa shape index (κ1) is 12.7. The Morgan fingerprint density at radius 1 is 1.39 bits per heavy atom. The topological polar surface area (TPSA) is 73.1 Å². The number of nitrogens with one attached hydrogen (secondary N) is 1. The number of fused-ring (bicyclic) bond motifs is 1. The fraction of sp³-hybridized carbons (Fsp3) is 0.385. The predicted molar refractivity (Wildman–Crippen MR) is 72.5 cm³/mol. The molecule has 0 amide bonds. The van der Waals surface area contributed by atoms with Crippen molar-refractivity contribution < 1.29 is 4.74 Å². The van der Waals surface area contributed by atoms with Crippen LogP contribution in [0.1, 0.15) is 6.42 Å². The highest BCUT2D eigenvalue weighted by Gasteiger charge is 2.04. The third kappa shape index (κ3) is 3.15. The molecule has 0 aliphatic carbocycles. The molecule has 2 rings (SSSR count). The third-order valence-corrected chi connectivity index (χ3v) is 2.76. The summed E-state index contributed by atoms with van der Waals surface area (Å²) in [7, 11) is 1.66. The van der Waals surface area contributed by atoms with E-state index in [1.165, 1.54) is 0 Å². The second-order valence-corrected chi connectivity index (χ2v) is 4.21. The highest BCUT2D eigenvalue weighted by molar-refractivity contribution is 5.90. The Morgan fingerprint density at radius 2 is 2.22 bits per heavy atom. The molecule has 0 radical (unpaired) electrons. The summed E-state index contributed by atoms with van der Waals surface area (Å²) < 4.78 is 5.00. The van der Waals surface area contributed by atoms with Crippen LogP contribution in [0.3, 0.4) is 0 Å². The first-order valence-electron chi connectivity index (χ1n) is 6.00. The maximum absolute atomic E-state index is 5.86. The molecule has 18 heavy (non-hydrogen) atoms. The van der Waals surface area contributed by atoms with Crippen molar-refractivity contribution in [1.29, 1.82) is 0 Å². The van der Waals surface area contributed by atoms with Gasteiger partial charge >= 0.3 is 0 Å². The maximum Gasteiger partial charge on any atom is 0.156 e. The highest BCUT2D eigenvalue weighted by Crippen LogP contribution is 2.18. The van der Waals surface area contributed by atoms with E-state index in [4.69, 9.17) is 10.5 Å². The Bertz CT molecular complexity index is 498. The van der Waals surface area contributed by atoms with Gasteiger partial charge in [0, 0.05) is 30.5 Å². The van der Waals surface area contributed by atoms with Crippen molar-refractivity contribution in [2.24, 2.45) is 5.73 Å². The van der Waals surface area contributed by atoms with Gasteiger partial charge in [-0.2, -0.15) is 5.10 Å². The lowest BCUT2D eigenvalue weighted by atomic mass is 10.2. The molecule has 1 aromatic carbocycles. The molecule has 0 saturated heterocycles. The molecule has 0 bridgehead atoms. The van der Waals surface area contributed by atoms with E-state index < -0.39 is 0 Å². The Morgan fingerprint density at radius 3 is 3.06 bits per heavy atom. The van der Waals surface area contributed by atoms with Crippen molar-refractivity contribution in [2.45, 2.75) is 12.5 Å². The second kappa shape index (κ2) is 6.28. The molecule has 0 spiro atoms. The molecular weight excluding hydrogens is 228 g/mol. The number of nitrogens with zero attached hydrogens (tertiary/aromatic N) is 2.